The molecule has 0 aliphatic carbocycles. The van der Waals surface area contributed by atoms with Crippen LogP contribution in [-0.2, 0) is 13.0 Å². The first-order valence-electron chi connectivity index (χ1n) is 6.38. The molecule has 4 heteroatoms. The minimum absolute atomic E-state index is 0.243. The largest absolute Gasteiger partial charge is 0.396 e. The number of hydrogen-bond donors (Lipinski definition) is 1. The molecule has 1 aromatic carbocycles. The summed E-state index contributed by atoms with van der Waals surface area (Å²) in [6.45, 7) is 3.17. The summed E-state index contributed by atoms with van der Waals surface area (Å²) >= 11 is 0. The van der Waals surface area contributed by atoms with Gasteiger partial charge in [0.25, 0.3) is 0 Å². The fraction of sp³-hybridized carbons (Fsp3) is 0.429. The van der Waals surface area contributed by atoms with Gasteiger partial charge in [0, 0.05) is 25.1 Å². The van der Waals surface area contributed by atoms with Crippen LogP contribution < -0.4 is 0 Å². The van der Waals surface area contributed by atoms with Crippen molar-refractivity contribution in [2.24, 2.45) is 5.92 Å². The van der Waals surface area contributed by atoms with E-state index < -0.39 is 0 Å². The number of aliphatic hydroxyl groups is 1. The molecular weight excluding hydrogens is 226 g/mol. The summed E-state index contributed by atoms with van der Waals surface area (Å²) in [5, 5.41) is 13.8. The number of hydrogen-bond acceptors (Lipinski definition) is 3. The maximum Gasteiger partial charge on any atom is 0.181 e. The van der Waals surface area contributed by atoms with Gasteiger partial charge in [-0.15, -0.1) is 0 Å². The lowest BCUT2D eigenvalue weighted by Gasteiger charge is -2.19. The van der Waals surface area contributed by atoms with Gasteiger partial charge in [-0.05, 0) is 19.3 Å². The Bertz CT molecular complexity index is 545. The number of rotatable bonds is 2. The molecule has 4 nitrogen and oxygen atoms in total. The smallest absolute Gasteiger partial charge is 0.181 e. The fourth-order valence-electron chi connectivity index (χ4n) is 2.35. The summed E-state index contributed by atoms with van der Waals surface area (Å²) in [5.41, 5.74) is 2.30. The van der Waals surface area contributed by atoms with Crippen molar-refractivity contribution in [2.45, 2.75) is 26.3 Å². The summed E-state index contributed by atoms with van der Waals surface area (Å²) in [7, 11) is 0. The molecule has 3 rings (SSSR count). The van der Waals surface area contributed by atoms with E-state index in [0.29, 0.717) is 5.92 Å². The second kappa shape index (κ2) is 4.53. The van der Waals surface area contributed by atoms with Crippen LogP contribution in [-0.4, -0.2) is 26.5 Å². The number of nitrogens with zero attached hydrogens (tertiary/aromatic N) is 3. The zero-order valence-electron chi connectivity index (χ0n) is 10.5. The van der Waals surface area contributed by atoms with Crippen molar-refractivity contribution in [1.82, 2.24) is 14.8 Å². The van der Waals surface area contributed by atoms with Crippen molar-refractivity contribution in [3.63, 3.8) is 0 Å². The van der Waals surface area contributed by atoms with Crippen molar-refractivity contribution in [1.29, 1.82) is 0 Å². The standard InChI is InChI=1S/C14H17N3O/c1-10-2-4-12(5-3-10)14-15-13-8-11(9-18)6-7-17(13)16-14/h2-5,11,18H,6-9H2,1H3. The Balaban J connectivity index is 1.91. The van der Waals surface area contributed by atoms with E-state index in [2.05, 4.69) is 41.3 Å². The molecule has 0 spiro atoms. The van der Waals surface area contributed by atoms with E-state index in [0.717, 1.165) is 36.6 Å². The first-order valence-corrected chi connectivity index (χ1v) is 6.38. The summed E-state index contributed by atoms with van der Waals surface area (Å²) in [5.74, 6) is 2.13. The molecule has 0 bridgehead atoms. The third-order valence-corrected chi connectivity index (χ3v) is 3.54. The second-order valence-electron chi connectivity index (χ2n) is 4.98. The molecule has 1 N–H and O–H groups in total. The number of fused-ring (bicyclic) bond motifs is 1. The van der Waals surface area contributed by atoms with Gasteiger partial charge in [-0.25, -0.2) is 9.67 Å². The average Bonchev–Trinajstić information content (AvgIpc) is 2.82. The highest BCUT2D eigenvalue weighted by molar-refractivity contribution is 5.54. The zero-order valence-corrected chi connectivity index (χ0v) is 10.5. The van der Waals surface area contributed by atoms with Crippen LogP contribution in [0.4, 0.5) is 0 Å². The monoisotopic (exact) mass is 243 g/mol. The molecule has 1 atom stereocenters. The Kier molecular flexibility index (Phi) is 2.88. The Labute approximate surface area is 106 Å². The van der Waals surface area contributed by atoms with Crippen LogP contribution in [0.15, 0.2) is 24.3 Å². The fourth-order valence-corrected chi connectivity index (χ4v) is 2.35. The van der Waals surface area contributed by atoms with Crippen LogP contribution in [0.3, 0.4) is 0 Å². The highest BCUT2D eigenvalue weighted by atomic mass is 16.3. The van der Waals surface area contributed by atoms with E-state index in [9.17, 15) is 5.11 Å². The van der Waals surface area contributed by atoms with E-state index in [-0.39, 0.29) is 6.61 Å². The highest BCUT2D eigenvalue weighted by Crippen LogP contribution is 2.22. The maximum atomic E-state index is 9.21. The molecule has 1 unspecified atom stereocenters. The molecule has 94 valence electrons. The minimum Gasteiger partial charge on any atom is -0.396 e. The average molecular weight is 243 g/mol. The first-order chi connectivity index (χ1) is 8.76. The normalized spacial score (nSPS) is 18.7. The van der Waals surface area contributed by atoms with Gasteiger partial charge in [0.1, 0.15) is 5.82 Å². The van der Waals surface area contributed by atoms with E-state index in [1.54, 1.807) is 0 Å². The molecule has 1 aliphatic heterocycles. The molecule has 0 radical (unpaired) electrons. The Morgan fingerprint density at radius 3 is 2.83 bits per heavy atom. The Hall–Kier alpha value is -1.68. The predicted octanol–water partition coefficient (Wildman–Crippen LogP) is 1.81. The molecule has 1 aromatic heterocycles. The molecule has 2 heterocycles. The topological polar surface area (TPSA) is 50.9 Å². The lowest BCUT2D eigenvalue weighted by atomic mass is 9.99. The number of benzene rings is 1. The minimum atomic E-state index is 0.243. The van der Waals surface area contributed by atoms with E-state index >= 15 is 0 Å². The number of aryl methyl sites for hydroxylation is 2. The van der Waals surface area contributed by atoms with Crippen LogP contribution in [0.25, 0.3) is 11.4 Å². The molecule has 2 aromatic rings. The summed E-state index contributed by atoms with van der Waals surface area (Å²) in [6.07, 6.45) is 1.82. The van der Waals surface area contributed by atoms with Crippen LogP contribution in [0.2, 0.25) is 0 Å². The van der Waals surface area contributed by atoms with Gasteiger partial charge in [-0.1, -0.05) is 29.8 Å². The van der Waals surface area contributed by atoms with Gasteiger partial charge in [0.15, 0.2) is 5.82 Å². The van der Waals surface area contributed by atoms with Gasteiger partial charge >= 0.3 is 0 Å². The lowest BCUT2D eigenvalue weighted by Crippen LogP contribution is -2.22. The quantitative estimate of drug-likeness (QED) is 0.875. The zero-order chi connectivity index (χ0) is 12.5. The van der Waals surface area contributed by atoms with E-state index in [4.69, 9.17) is 0 Å². The molecule has 1 aliphatic rings. The molecule has 0 saturated heterocycles. The number of aromatic nitrogens is 3. The molecule has 0 saturated carbocycles. The SMILES string of the molecule is Cc1ccc(-c2nc3n(n2)CCC(CO)C3)cc1. The Morgan fingerprint density at radius 2 is 2.11 bits per heavy atom. The van der Waals surface area contributed by atoms with Gasteiger partial charge in [-0.2, -0.15) is 5.10 Å². The third kappa shape index (κ3) is 2.04. The van der Waals surface area contributed by atoms with E-state index in [1.165, 1.54) is 5.56 Å². The van der Waals surface area contributed by atoms with Crippen molar-refractivity contribution in [3.8, 4) is 11.4 Å². The number of aliphatic hydroxyl groups excluding tert-OH is 1. The van der Waals surface area contributed by atoms with Crippen molar-refractivity contribution in [2.75, 3.05) is 6.61 Å². The lowest BCUT2D eigenvalue weighted by molar-refractivity contribution is 0.196. The molecule has 0 fully saturated rings. The van der Waals surface area contributed by atoms with Crippen LogP contribution >= 0.6 is 0 Å². The molecule has 18 heavy (non-hydrogen) atoms. The van der Waals surface area contributed by atoms with Crippen molar-refractivity contribution in [3.05, 3.63) is 35.7 Å². The van der Waals surface area contributed by atoms with Crippen LogP contribution in [0.5, 0.6) is 0 Å². The first kappa shape index (κ1) is 11.4. The van der Waals surface area contributed by atoms with Gasteiger partial charge < -0.3 is 5.11 Å². The summed E-state index contributed by atoms with van der Waals surface area (Å²) in [6, 6.07) is 8.26. The highest BCUT2D eigenvalue weighted by Gasteiger charge is 2.21. The molecular formula is C14H17N3O. The van der Waals surface area contributed by atoms with Crippen LogP contribution in [0.1, 0.15) is 17.8 Å². The summed E-state index contributed by atoms with van der Waals surface area (Å²) in [4.78, 5) is 4.59. The summed E-state index contributed by atoms with van der Waals surface area (Å²) < 4.78 is 1.97. The van der Waals surface area contributed by atoms with Gasteiger partial charge in [0.2, 0.25) is 0 Å². The van der Waals surface area contributed by atoms with E-state index in [1.807, 2.05) is 4.68 Å². The molecule has 0 amide bonds. The maximum absolute atomic E-state index is 9.21. The van der Waals surface area contributed by atoms with Gasteiger partial charge in [0.05, 0.1) is 0 Å². The van der Waals surface area contributed by atoms with Crippen molar-refractivity contribution < 1.29 is 5.11 Å². The van der Waals surface area contributed by atoms with Crippen LogP contribution in [0, 0.1) is 12.8 Å². The van der Waals surface area contributed by atoms with Crippen molar-refractivity contribution >= 4 is 0 Å². The van der Waals surface area contributed by atoms with Gasteiger partial charge in [-0.3, -0.25) is 0 Å². The second-order valence-corrected chi connectivity index (χ2v) is 4.98. The third-order valence-electron chi connectivity index (χ3n) is 3.54. The predicted molar refractivity (Wildman–Crippen MR) is 69.1 cm³/mol. The Morgan fingerprint density at radius 1 is 1.33 bits per heavy atom.